The Morgan fingerprint density at radius 1 is 1.00 bits per heavy atom. The van der Waals surface area contributed by atoms with Gasteiger partial charge in [-0.2, -0.15) is 0 Å². The third kappa shape index (κ3) is 3.61. The van der Waals surface area contributed by atoms with Crippen LogP contribution in [0.1, 0.15) is 27.9 Å². The van der Waals surface area contributed by atoms with Gasteiger partial charge >= 0.3 is 0 Å². The van der Waals surface area contributed by atoms with Gasteiger partial charge in [0.1, 0.15) is 5.82 Å². The highest BCUT2D eigenvalue weighted by atomic mass is 19.1. The van der Waals surface area contributed by atoms with E-state index in [1.807, 2.05) is 0 Å². The molecular weight excluding hydrogens is 413 g/mol. The zero-order valence-electron chi connectivity index (χ0n) is 17.7. The number of fused-ring (bicyclic) bond motifs is 1. The highest BCUT2D eigenvalue weighted by molar-refractivity contribution is 6.10. The van der Waals surface area contributed by atoms with Crippen LogP contribution in [0, 0.1) is 5.82 Å². The lowest BCUT2D eigenvalue weighted by molar-refractivity contribution is -0.136. The molecule has 1 unspecified atom stereocenters. The quantitative estimate of drug-likeness (QED) is 0.571. The van der Waals surface area contributed by atoms with Gasteiger partial charge in [-0.25, -0.2) is 4.39 Å². The molecule has 1 heterocycles. The number of ketones is 1. The van der Waals surface area contributed by atoms with Crippen molar-refractivity contribution in [3.8, 4) is 11.5 Å². The largest absolute Gasteiger partial charge is 0.493 e. The van der Waals surface area contributed by atoms with E-state index < -0.39 is 29.5 Å². The molecule has 0 aromatic heterocycles. The van der Waals surface area contributed by atoms with Gasteiger partial charge in [-0.1, -0.05) is 36.4 Å². The van der Waals surface area contributed by atoms with E-state index in [9.17, 15) is 19.1 Å². The fraction of sp³-hybridized carbons (Fsp3) is 0.200. The average Bonchev–Trinajstić information content (AvgIpc) is 3.01. The summed E-state index contributed by atoms with van der Waals surface area (Å²) in [6.07, 6.45) is -0.466. The van der Waals surface area contributed by atoms with Crippen LogP contribution in [0.25, 0.3) is 0 Å². The summed E-state index contributed by atoms with van der Waals surface area (Å²) in [4.78, 5) is 27.7. The minimum Gasteiger partial charge on any atom is -0.493 e. The van der Waals surface area contributed by atoms with Crippen LogP contribution in [0.3, 0.4) is 0 Å². The van der Waals surface area contributed by atoms with Gasteiger partial charge in [0.15, 0.2) is 22.9 Å². The Balaban J connectivity index is 1.67. The van der Waals surface area contributed by atoms with E-state index in [0.717, 1.165) is 0 Å². The van der Waals surface area contributed by atoms with E-state index in [0.29, 0.717) is 28.3 Å². The molecule has 1 aliphatic heterocycles. The molecule has 32 heavy (non-hydrogen) atoms. The molecule has 1 amide bonds. The second-order valence-electron chi connectivity index (χ2n) is 7.53. The third-order valence-corrected chi connectivity index (χ3v) is 5.65. The van der Waals surface area contributed by atoms with Gasteiger partial charge in [0, 0.05) is 16.7 Å². The molecule has 0 radical (unpaired) electrons. The minimum atomic E-state index is -2.06. The Morgan fingerprint density at radius 2 is 1.69 bits per heavy atom. The molecule has 0 saturated carbocycles. The lowest BCUT2D eigenvalue weighted by Crippen LogP contribution is -2.41. The summed E-state index contributed by atoms with van der Waals surface area (Å²) in [6.45, 7) is -0.0601. The second kappa shape index (κ2) is 8.43. The van der Waals surface area contributed by atoms with Crippen molar-refractivity contribution in [2.24, 2.45) is 0 Å². The summed E-state index contributed by atoms with van der Waals surface area (Å²) in [5.41, 5.74) is -0.718. The molecule has 0 fully saturated rings. The molecule has 0 saturated heterocycles. The predicted molar refractivity (Wildman–Crippen MR) is 116 cm³/mol. The number of methoxy groups -OCH3 is 2. The number of Topliss-reactive ketones (excluding diaryl/α,β-unsaturated/α-hetero) is 1. The van der Waals surface area contributed by atoms with Crippen molar-refractivity contribution in [3.63, 3.8) is 0 Å². The van der Waals surface area contributed by atoms with Crippen LogP contribution in [0.2, 0.25) is 0 Å². The summed E-state index contributed by atoms with van der Waals surface area (Å²) in [7, 11) is 2.94. The third-order valence-electron chi connectivity index (χ3n) is 5.65. The van der Waals surface area contributed by atoms with Gasteiger partial charge in [-0.3, -0.25) is 9.59 Å². The van der Waals surface area contributed by atoms with Crippen LogP contribution in [0.15, 0.2) is 66.7 Å². The zero-order valence-corrected chi connectivity index (χ0v) is 17.7. The molecule has 6 nitrogen and oxygen atoms in total. The van der Waals surface area contributed by atoms with Crippen LogP contribution in [0.5, 0.6) is 11.5 Å². The highest BCUT2D eigenvalue weighted by Crippen LogP contribution is 2.44. The van der Waals surface area contributed by atoms with Crippen molar-refractivity contribution in [3.05, 3.63) is 89.2 Å². The Morgan fingerprint density at radius 3 is 2.41 bits per heavy atom. The fourth-order valence-electron chi connectivity index (χ4n) is 3.98. The van der Waals surface area contributed by atoms with E-state index >= 15 is 0 Å². The zero-order chi connectivity index (χ0) is 22.9. The number of halogens is 1. The number of amides is 1. The molecule has 1 atom stereocenters. The lowest BCUT2D eigenvalue weighted by Gasteiger charge is -2.23. The number of ether oxygens (including phenoxy) is 2. The van der Waals surface area contributed by atoms with Gasteiger partial charge in [0.25, 0.3) is 5.91 Å². The van der Waals surface area contributed by atoms with Crippen molar-refractivity contribution >= 4 is 17.4 Å². The number of nitrogens with zero attached hydrogens (tertiary/aromatic N) is 1. The predicted octanol–water partition coefficient (Wildman–Crippen LogP) is 3.85. The molecule has 0 bridgehead atoms. The van der Waals surface area contributed by atoms with E-state index in [1.165, 1.54) is 31.3 Å². The summed E-state index contributed by atoms with van der Waals surface area (Å²) >= 11 is 0. The smallest absolute Gasteiger partial charge is 0.264 e. The van der Waals surface area contributed by atoms with E-state index in [4.69, 9.17) is 9.47 Å². The van der Waals surface area contributed by atoms with Crippen molar-refractivity contribution in [1.29, 1.82) is 0 Å². The fourth-order valence-corrected chi connectivity index (χ4v) is 3.98. The first-order valence-corrected chi connectivity index (χ1v) is 10.0. The van der Waals surface area contributed by atoms with Crippen LogP contribution >= 0.6 is 0 Å². The number of hydrogen-bond acceptors (Lipinski definition) is 5. The van der Waals surface area contributed by atoms with Gasteiger partial charge < -0.3 is 19.5 Å². The summed E-state index contributed by atoms with van der Waals surface area (Å²) in [6, 6.07) is 17.5. The van der Waals surface area contributed by atoms with Gasteiger partial charge in [-0.05, 0) is 30.3 Å². The number of benzene rings is 3. The number of carbonyl (C=O) groups excluding carboxylic acids is 2. The first-order chi connectivity index (χ1) is 15.4. The van der Waals surface area contributed by atoms with Crippen molar-refractivity contribution in [2.75, 3.05) is 19.1 Å². The van der Waals surface area contributed by atoms with Crippen molar-refractivity contribution in [1.82, 2.24) is 0 Å². The maximum absolute atomic E-state index is 14.2. The molecule has 164 valence electrons. The van der Waals surface area contributed by atoms with E-state index in [1.54, 1.807) is 54.6 Å². The molecule has 0 aliphatic carbocycles. The summed E-state index contributed by atoms with van der Waals surface area (Å²) in [5, 5.41) is 11.4. The van der Waals surface area contributed by atoms with Crippen molar-refractivity contribution < 1.29 is 28.6 Å². The lowest BCUT2D eigenvalue weighted by atomic mass is 9.88. The van der Waals surface area contributed by atoms with Crippen LogP contribution in [-0.4, -0.2) is 31.0 Å². The number of aliphatic hydroxyl groups is 1. The van der Waals surface area contributed by atoms with Gasteiger partial charge in [0.2, 0.25) is 0 Å². The van der Waals surface area contributed by atoms with E-state index in [-0.39, 0.29) is 12.1 Å². The van der Waals surface area contributed by atoms with Gasteiger partial charge in [-0.15, -0.1) is 0 Å². The first kappa shape index (κ1) is 21.5. The SMILES string of the molecule is COc1ccc(C(=O)CC2(O)C(=O)N(Cc3ccccc3F)c3ccccc32)cc1OC. The minimum absolute atomic E-state index is 0.0601. The second-order valence-corrected chi connectivity index (χ2v) is 7.53. The number of para-hydroxylation sites is 1. The number of carbonyl (C=O) groups is 2. The Bertz CT molecular complexity index is 1190. The normalized spacial score (nSPS) is 17.2. The number of hydrogen-bond donors (Lipinski definition) is 1. The topological polar surface area (TPSA) is 76.1 Å². The average molecular weight is 435 g/mol. The number of anilines is 1. The molecule has 4 rings (SSSR count). The maximum atomic E-state index is 14.2. The first-order valence-electron chi connectivity index (χ1n) is 10.0. The monoisotopic (exact) mass is 435 g/mol. The number of rotatable bonds is 7. The van der Waals surface area contributed by atoms with Crippen LogP contribution in [-0.2, 0) is 16.9 Å². The summed E-state index contributed by atoms with van der Waals surface area (Å²) in [5.74, 6) is -0.736. The van der Waals surface area contributed by atoms with Crippen LogP contribution in [0.4, 0.5) is 10.1 Å². The molecular formula is C25H22FNO5. The molecule has 0 spiro atoms. The van der Waals surface area contributed by atoms with Gasteiger partial charge in [0.05, 0.1) is 32.9 Å². The standard InChI is InChI=1S/C25H22FNO5/c1-31-22-12-11-16(13-23(22)32-2)21(28)14-25(30)18-8-4-6-10-20(18)27(24(25)29)15-17-7-3-5-9-19(17)26/h3-13,30H,14-15H2,1-2H3. The maximum Gasteiger partial charge on any atom is 0.264 e. The molecule has 3 aromatic carbocycles. The summed E-state index contributed by atoms with van der Waals surface area (Å²) < 4.78 is 24.7. The molecule has 1 N–H and O–H groups in total. The van der Waals surface area contributed by atoms with Crippen LogP contribution < -0.4 is 14.4 Å². The molecule has 3 aromatic rings. The molecule has 1 aliphatic rings. The van der Waals surface area contributed by atoms with E-state index in [2.05, 4.69) is 0 Å². The Kier molecular flexibility index (Phi) is 5.67. The highest BCUT2D eigenvalue weighted by Gasteiger charge is 2.50. The van der Waals surface area contributed by atoms with Crippen molar-refractivity contribution in [2.45, 2.75) is 18.6 Å². The molecule has 7 heteroatoms. The Hall–Kier alpha value is -3.71. The Labute approximate surface area is 184 Å².